The number of hydrogen-bond acceptors (Lipinski definition) is 6. The van der Waals surface area contributed by atoms with E-state index in [1.807, 2.05) is 6.07 Å². The second kappa shape index (κ2) is 5.81. The van der Waals surface area contributed by atoms with Gasteiger partial charge in [0.25, 0.3) is 0 Å². The van der Waals surface area contributed by atoms with Crippen molar-refractivity contribution in [1.82, 2.24) is 0 Å². The Morgan fingerprint density at radius 2 is 2.14 bits per heavy atom. The highest BCUT2D eigenvalue weighted by Gasteiger charge is 2.39. The lowest BCUT2D eigenvalue weighted by atomic mass is 10.1. The number of aromatic hydroxyl groups is 1. The first kappa shape index (κ1) is 15.2. The molecule has 0 saturated carbocycles. The Morgan fingerprint density at radius 3 is 2.73 bits per heavy atom. The predicted octanol–water partition coefficient (Wildman–Crippen LogP) is 1.57. The van der Waals surface area contributed by atoms with Gasteiger partial charge in [0.15, 0.2) is 5.54 Å². The maximum absolute atomic E-state index is 11.2. The molecule has 0 spiro atoms. The van der Waals surface area contributed by atoms with Crippen LogP contribution in [0.1, 0.15) is 12.5 Å². The molecule has 6 nitrogen and oxygen atoms in total. The Labute approximate surface area is 132 Å². The van der Waals surface area contributed by atoms with Crippen LogP contribution in [-0.2, 0) is 9.53 Å². The largest absolute Gasteiger partial charge is 0.507 e. The molecule has 1 unspecified atom stereocenters. The van der Waals surface area contributed by atoms with E-state index in [9.17, 15) is 15.0 Å². The van der Waals surface area contributed by atoms with Crippen molar-refractivity contribution in [3.05, 3.63) is 23.8 Å². The first-order valence-electron chi connectivity index (χ1n) is 7.12. The van der Waals surface area contributed by atoms with E-state index in [-0.39, 0.29) is 5.75 Å². The summed E-state index contributed by atoms with van der Waals surface area (Å²) in [5.41, 5.74) is 0.413. The molecule has 1 atom stereocenters. The van der Waals surface area contributed by atoms with Crippen molar-refractivity contribution in [3.63, 3.8) is 0 Å². The Balaban J connectivity index is 1.85. The van der Waals surface area contributed by atoms with Crippen molar-refractivity contribution in [3.8, 4) is 5.75 Å². The topological polar surface area (TPSA) is 82.4 Å². The van der Waals surface area contributed by atoms with Crippen LogP contribution in [0.4, 0.5) is 5.69 Å². The summed E-state index contributed by atoms with van der Waals surface area (Å²) in [6, 6.07) is 5.44. The van der Waals surface area contributed by atoms with Crippen molar-refractivity contribution in [2.45, 2.75) is 12.5 Å². The van der Waals surface area contributed by atoms with Gasteiger partial charge in [-0.1, -0.05) is 0 Å². The zero-order valence-electron chi connectivity index (χ0n) is 12.3. The van der Waals surface area contributed by atoms with E-state index in [0.29, 0.717) is 29.6 Å². The minimum atomic E-state index is -1.12. The second-order valence-electron chi connectivity index (χ2n) is 5.59. The lowest BCUT2D eigenvalue weighted by Gasteiger charge is -2.29. The third-order valence-corrected chi connectivity index (χ3v) is 5.18. The van der Waals surface area contributed by atoms with Crippen LogP contribution in [0.2, 0.25) is 0 Å². The normalized spacial score (nSPS) is 25.1. The average molecular weight is 322 g/mol. The van der Waals surface area contributed by atoms with E-state index in [0.717, 1.165) is 18.8 Å². The number of anilines is 1. The Morgan fingerprint density at radius 1 is 1.41 bits per heavy atom. The van der Waals surface area contributed by atoms with E-state index in [2.05, 4.69) is 9.89 Å². The van der Waals surface area contributed by atoms with Gasteiger partial charge in [-0.15, -0.1) is 11.8 Å². The van der Waals surface area contributed by atoms with E-state index in [4.69, 9.17) is 4.74 Å². The van der Waals surface area contributed by atoms with Crippen molar-refractivity contribution in [2.75, 3.05) is 37.0 Å². The monoisotopic (exact) mass is 322 g/mol. The lowest BCUT2D eigenvalue weighted by molar-refractivity contribution is -0.141. The number of morpholine rings is 1. The molecular formula is C15H18N2O4S. The highest BCUT2D eigenvalue weighted by atomic mass is 32.2. The molecule has 0 aromatic heterocycles. The minimum Gasteiger partial charge on any atom is -0.507 e. The predicted molar refractivity (Wildman–Crippen MR) is 86.2 cm³/mol. The van der Waals surface area contributed by atoms with Crippen LogP contribution in [0.3, 0.4) is 0 Å². The zero-order chi connectivity index (χ0) is 15.7. The van der Waals surface area contributed by atoms with Crippen molar-refractivity contribution >= 4 is 28.5 Å². The van der Waals surface area contributed by atoms with Crippen molar-refractivity contribution in [1.29, 1.82) is 0 Å². The maximum Gasteiger partial charge on any atom is 0.332 e. The Bertz CT molecular complexity index is 628. The van der Waals surface area contributed by atoms with Crippen LogP contribution in [0.5, 0.6) is 5.75 Å². The first-order chi connectivity index (χ1) is 10.5. The van der Waals surface area contributed by atoms with Gasteiger partial charge in [-0.2, -0.15) is 0 Å². The molecule has 0 amide bonds. The van der Waals surface area contributed by atoms with Gasteiger partial charge in [-0.05, 0) is 19.1 Å². The number of thioether (sulfide) groups is 1. The molecule has 1 fully saturated rings. The number of rotatable bonds is 3. The van der Waals surface area contributed by atoms with Gasteiger partial charge in [-0.25, -0.2) is 4.79 Å². The van der Waals surface area contributed by atoms with E-state index < -0.39 is 11.5 Å². The SMILES string of the molecule is CC1(C(=O)O)CSC(c2ccc(N3CCOCC3)cc2O)=N1. The van der Waals surface area contributed by atoms with Gasteiger partial charge < -0.3 is 19.8 Å². The molecule has 3 rings (SSSR count). The third kappa shape index (κ3) is 2.78. The fourth-order valence-electron chi connectivity index (χ4n) is 2.46. The highest BCUT2D eigenvalue weighted by molar-refractivity contribution is 8.14. The van der Waals surface area contributed by atoms with Gasteiger partial charge >= 0.3 is 5.97 Å². The van der Waals surface area contributed by atoms with Crippen molar-refractivity contribution < 1.29 is 19.7 Å². The second-order valence-corrected chi connectivity index (χ2v) is 6.55. The van der Waals surface area contributed by atoms with E-state index >= 15 is 0 Å². The molecule has 1 saturated heterocycles. The van der Waals surface area contributed by atoms with Gasteiger partial charge in [0, 0.05) is 36.2 Å². The van der Waals surface area contributed by atoms with E-state index in [1.54, 1.807) is 19.1 Å². The standard InChI is InChI=1S/C15H18N2O4S/c1-15(14(19)20)9-22-13(16-15)11-3-2-10(8-12(11)18)17-4-6-21-7-5-17/h2-3,8,18H,4-7,9H2,1H3,(H,19,20). The molecule has 7 heteroatoms. The highest BCUT2D eigenvalue weighted by Crippen LogP contribution is 2.35. The number of carboxylic acids is 1. The molecule has 1 aromatic rings. The number of aliphatic imine (C=N–C) groups is 1. The van der Waals surface area contributed by atoms with Crippen LogP contribution in [0, 0.1) is 0 Å². The number of benzene rings is 1. The Hall–Kier alpha value is -1.73. The molecule has 0 radical (unpaired) electrons. The fourth-order valence-corrected chi connectivity index (χ4v) is 3.66. The molecule has 118 valence electrons. The zero-order valence-corrected chi connectivity index (χ0v) is 13.1. The summed E-state index contributed by atoms with van der Waals surface area (Å²) < 4.78 is 5.32. The van der Waals surface area contributed by atoms with Crippen LogP contribution in [0.15, 0.2) is 23.2 Å². The number of ether oxygens (including phenoxy) is 1. The quantitative estimate of drug-likeness (QED) is 0.879. The molecule has 2 aliphatic rings. The summed E-state index contributed by atoms with van der Waals surface area (Å²) in [5.74, 6) is -0.438. The number of aliphatic carboxylic acids is 1. The Kier molecular flexibility index (Phi) is 4.01. The summed E-state index contributed by atoms with van der Waals surface area (Å²) in [5, 5.41) is 20.1. The van der Waals surface area contributed by atoms with Gasteiger partial charge in [0.05, 0.1) is 13.2 Å². The van der Waals surface area contributed by atoms with Gasteiger partial charge in [0.1, 0.15) is 10.8 Å². The maximum atomic E-state index is 11.2. The van der Waals surface area contributed by atoms with Crippen LogP contribution in [-0.4, -0.2) is 58.8 Å². The summed E-state index contributed by atoms with van der Waals surface area (Å²) >= 11 is 1.36. The summed E-state index contributed by atoms with van der Waals surface area (Å²) in [4.78, 5) is 17.7. The average Bonchev–Trinajstić information content (AvgIpc) is 2.92. The molecule has 1 aromatic carbocycles. The van der Waals surface area contributed by atoms with Gasteiger partial charge in [0.2, 0.25) is 0 Å². The molecular weight excluding hydrogens is 304 g/mol. The molecule has 2 N–H and O–H groups in total. The molecule has 22 heavy (non-hydrogen) atoms. The summed E-state index contributed by atoms with van der Waals surface area (Å²) in [6.45, 7) is 4.55. The molecule has 0 bridgehead atoms. The van der Waals surface area contributed by atoms with Crippen molar-refractivity contribution in [2.24, 2.45) is 4.99 Å². The fraction of sp³-hybridized carbons (Fsp3) is 0.467. The number of hydrogen-bond donors (Lipinski definition) is 2. The number of nitrogens with zero attached hydrogens (tertiary/aromatic N) is 2. The van der Waals surface area contributed by atoms with Crippen LogP contribution in [0.25, 0.3) is 0 Å². The molecule has 0 aliphatic carbocycles. The summed E-state index contributed by atoms with van der Waals surface area (Å²) in [7, 11) is 0. The first-order valence-corrected chi connectivity index (χ1v) is 8.10. The smallest absolute Gasteiger partial charge is 0.332 e. The molecule has 2 aliphatic heterocycles. The number of carboxylic acid groups (broad SMARTS) is 1. The minimum absolute atomic E-state index is 0.130. The number of phenols is 1. The lowest BCUT2D eigenvalue weighted by Crippen LogP contribution is -2.36. The van der Waals surface area contributed by atoms with Crippen LogP contribution < -0.4 is 4.90 Å². The van der Waals surface area contributed by atoms with E-state index in [1.165, 1.54) is 11.8 Å². The van der Waals surface area contributed by atoms with Gasteiger partial charge in [-0.3, -0.25) is 4.99 Å². The third-order valence-electron chi connectivity index (χ3n) is 3.89. The number of carbonyl (C=O) groups is 1. The molecule has 2 heterocycles. The van der Waals surface area contributed by atoms with Crippen LogP contribution >= 0.6 is 11.8 Å². The number of phenolic OH excluding ortho intramolecular Hbond substituents is 1. The summed E-state index contributed by atoms with van der Waals surface area (Å²) in [6.07, 6.45) is 0.